The van der Waals surface area contributed by atoms with Crippen LogP contribution in [0.25, 0.3) is 0 Å². The van der Waals surface area contributed by atoms with Crippen LogP contribution in [0, 0.1) is 5.41 Å². The van der Waals surface area contributed by atoms with Gasteiger partial charge in [-0.05, 0) is 37.3 Å². The first-order chi connectivity index (χ1) is 11.2. The number of aryl methyl sites for hydroxylation is 1. The number of anilines is 1. The largest absolute Gasteiger partial charge is 0.309 e. The number of amides is 1. The molecule has 0 unspecified atom stereocenters. The second-order valence-corrected chi connectivity index (χ2v) is 7.79. The monoisotopic (exact) mass is 330 g/mol. The van der Waals surface area contributed by atoms with Crippen molar-refractivity contribution in [3.05, 3.63) is 34.8 Å². The van der Waals surface area contributed by atoms with Crippen LogP contribution < -0.4 is 4.90 Å². The third kappa shape index (κ3) is 2.70. The molecule has 4 heterocycles. The van der Waals surface area contributed by atoms with E-state index < -0.39 is 0 Å². The van der Waals surface area contributed by atoms with Crippen molar-refractivity contribution in [3.8, 4) is 0 Å². The maximum absolute atomic E-state index is 13.1. The zero-order valence-corrected chi connectivity index (χ0v) is 14.3. The van der Waals surface area contributed by atoms with Gasteiger partial charge >= 0.3 is 0 Å². The Hall–Kier alpha value is -1.66. The van der Waals surface area contributed by atoms with Gasteiger partial charge in [0.1, 0.15) is 0 Å². The lowest BCUT2D eigenvalue weighted by atomic mass is 9.78. The van der Waals surface area contributed by atoms with Crippen LogP contribution in [0.4, 0.5) is 5.69 Å². The Morgan fingerprint density at radius 1 is 1.35 bits per heavy atom. The van der Waals surface area contributed by atoms with Gasteiger partial charge in [-0.1, -0.05) is 6.07 Å². The quantitative estimate of drug-likeness (QED) is 0.868. The summed E-state index contributed by atoms with van der Waals surface area (Å²) in [6, 6.07) is 4.29. The molecule has 1 amide bonds. The summed E-state index contributed by atoms with van der Waals surface area (Å²) in [4.78, 5) is 18.9. The SMILES string of the molecule is Cn1cc(N2CC[C@]3(CCCN(Cc4cccs4)C3)C2=O)cn1. The van der Waals surface area contributed by atoms with Gasteiger partial charge in [-0.3, -0.25) is 14.4 Å². The van der Waals surface area contributed by atoms with E-state index in [1.807, 2.05) is 18.1 Å². The molecule has 5 nitrogen and oxygen atoms in total. The van der Waals surface area contributed by atoms with E-state index >= 15 is 0 Å². The van der Waals surface area contributed by atoms with E-state index in [0.29, 0.717) is 5.91 Å². The third-order valence-corrected chi connectivity index (χ3v) is 5.99. The number of carbonyl (C=O) groups excluding carboxylic acids is 1. The molecule has 1 spiro atoms. The number of likely N-dealkylation sites (tertiary alicyclic amines) is 1. The Kier molecular flexibility index (Phi) is 3.73. The van der Waals surface area contributed by atoms with E-state index in [1.54, 1.807) is 22.2 Å². The van der Waals surface area contributed by atoms with E-state index in [9.17, 15) is 4.79 Å². The number of thiophene rings is 1. The molecular formula is C17H22N4OS. The summed E-state index contributed by atoms with van der Waals surface area (Å²) in [6.07, 6.45) is 6.82. The molecule has 23 heavy (non-hydrogen) atoms. The molecule has 0 bridgehead atoms. The fourth-order valence-electron chi connectivity index (χ4n) is 3.98. The van der Waals surface area contributed by atoms with Crippen LogP contribution in [-0.4, -0.2) is 40.2 Å². The first-order valence-electron chi connectivity index (χ1n) is 8.22. The smallest absolute Gasteiger partial charge is 0.234 e. The van der Waals surface area contributed by atoms with Gasteiger partial charge in [-0.15, -0.1) is 11.3 Å². The summed E-state index contributed by atoms with van der Waals surface area (Å²) < 4.78 is 1.76. The van der Waals surface area contributed by atoms with E-state index in [4.69, 9.17) is 0 Å². The Balaban J connectivity index is 1.50. The van der Waals surface area contributed by atoms with Gasteiger partial charge in [0.2, 0.25) is 5.91 Å². The normalized spacial score (nSPS) is 25.6. The van der Waals surface area contributed by atoms with Crippen molar-refractivity contribution in [3.63, 3.8) is 0 Å². The predicted molar refractivity (Wildman–Crippen MR) is 91.4 cm³/mol. The third-order valence-electron chi connectivity index (χ3n) is 5.13. The lowest BCUT2D eigenvalue weighted by molar-refractivity contribution is -0.128. The summed E-state index contributed by atoms with van der Waals surface area (Å²) in [6.45, 7) is 3.78. The van der Waals surface area contributed by atoms with Crippen LogP contribution in [-0.2, 0) is 18.4 Å². The van der Waals surface area contributed by atoms with Crippen LogP contribution in [0.5, 0.6) is 0 Å². The van der Waals surface area contributed by atoms with E-state index in [-0.39, 0.29) is 5.41 Å². The molecule has 2 fully saturated rings. The summed E-state index contributed by atoms with van der Waals surface area (Å²) in [5.74, 6) is 0.293. The number of piperidine rings is 1. The van der Waals surface area contributed by atoms with E-state index in [2.05, 4.69) is 27.5 Å². The average Bonchev–Trinajstić information content (AvgIpc) is 3.24. The number of rotatable bonds is 3. The average molecular weight is 330 g/mol. The van der Waals surface area contributed by atoms with Crippen molar-refractivity contribution in [2.45, 2.75) is 25.8 Å². The Morgan fingerprint density at radius 3 is 3.00 bits per heavy atom. The molecule has 2 aliphatic rings. The number of nitrogens with zero attached hydrogens (tertiary/aromatic N) is 4. The molecule has 0 N–H and O–H groups in total. The maximum Gasteiger partial charge on any atom is 0.234 e. The minimum absolute atomic E-state index is 0.189. The van der Waals surface area contributed by atoms with Gasteiger partial charge in [0, 0.05) is 37.8 Å². The fraction of sp³-hybridized carbons (Fsp3) is 0.529. The second-order valence-electron chi connectivity index (χ2n) is 6.75. The highest BCUT2D eigenvalue weighted by Crippen LogP contribution is 2.42. The van der Waals surface area contributed by atoms with Crippen molar-refractivity contribution < 1.29 is 4.79 Å². The number of hydrogen-bond acceptors (Lipinski definition) is 4. The molecule has 0 aromatic carbocycles. The molecule has 2 saturated heterocycles. The van der Waals surface area contributed by atoms with Crippen molar-refractivity contribution >= 4 is 22.9 Å². The maximum atomic E-state index is 13.1. The molecule has 2 aliphatic heterocycles. The summed E-state index contributed by atoms with van der Waals surface area (Å²) in [5.41, 5.74) is 0.746. The van der Waals surface area contributed by atoms with Crippen molar-refractivity contribution in [2.75, 3.05) is 24.5 Å². The minimum Gasteiger partial charge on any atom is -0.309 e. The summed E-state index contributed by atoms with van der Waals surface area (Å²) in [5, 5.41) is 6.33. The molecule has 0 aliphatic carbocycles. The lowest BCUT2D eigenvalue weighted by Crippen LogP contribution is -2.47. The Morgan fingerprint density at radius 2 is 2.26 bits per heavy atom. The molecule has 4 rings (SSSR count). The van der Waals surface area contributed by atoms with E-state index in [0.717, 1.165) is 51.1 Å². The minimum atomic E-state index is -0.189. The van der Waals surface area contributed by atoms with Gasteiger partial charge in [0.05, 0.1) is 17.3 Å². The van der Waals surface area contributed by atoms with Crippen LogP contribution in [0.1, 0.15) is 24.1 Å². The van der Waals surface area contributed by atoms with Crippen LogP contribution in [0.15, 0.2) is 29.9 Å². The zero-order chi connectivity index (χ0) is 15.9. The van der Waals surface area contributed by atoms with Gasteiger partial charge in [-0.2, -0.15) is 5.10 Å². The second kappa shape index (κ2) is 5.76. The molecule has 2 aromatic heterocycles. The van der Waals surface area contributed by atoms with Gasteiger partial charge < -0.3 is 4.90 Å². The standard InChI is InChI=1S/C17H22N4OS/c1-19-11-14(10-18-19)21-8-6-17(16(21)22)5-3-7-20(13-17)12-15-4-2-9-23-15/h2,4,9-11H,3,5-8,12-13H2,1H3/t17-/m0/s1. The molecule has 0 radical (unpaired) electrons. The highest BCUT2D eigenvalue weighted by atomic mass is 32.1. The molecule has 2 aromatic rings. The Labute approximate surface area is 140 Å². The van der Waals surface area contributed by atoms with Crippen LogP contribution in [0.2, 0.25) is 0 Å². The number of carbonyl (C=O) groups is 1. The molecule has 0 saturated carbocycles. The van der Waals surface area contributed by atoms with Crippen molar-refractivity contribution in [2.24, 2.45) is 12.5 Å². The van der Waals surface area contributed by atoms with E-state index in [1.165, 1.54) is 4.88 Å². The first-order valence-corrected chi connectivity index (χ1v) is 9.10. The number of aromatic nitrogens is 2. The highest BCUT2D eigenvalue weighted by molar-refractivity contribution is 7.09. The summed E-state index contributed by atoms with van der Waals surface area (Å²) in [7, 11) is 1.89. The predicted octanol–water partition coefficient (Wildman–Crippen LogP) is 2.50. The van der Waals surface area contributed by atoms with Gasteiger partial charge in [-0.25, -0.2) is 0 Å². The van der Waals surface area contributed by atoms with Crippen LogP contribution in [0.3, 0.4) is 0 Å². The molecule has 1 atom stereocenters. The highest BCUT2D eigenvalue weighted by Gasteiger charge is 2.49. The van der Waals surface area contributed by atoms with Crippen LogP contribution >= 0.6 is 11.3 Å². The lowest BCUT2D eigenvalue weighted by Gasteiger charge is -2.38. The zero-order valence-electron chi connectivity index (χ0n) is 13.4. The number of hydrogen-bond donors (Lipinski definition) is 0. The fourth-order valence-corrected chi connectivity index (χ4v) is 4.72. The molecule has 122 valence electrons. The molecule has 6 heteroatoms. The van der Waals surface area contributed by atoms with Crippen molar-refractivity contribution in [1.82, 2.24) is 14.7 Å². The topological polar surface area (TPSA) is 41.4 Å². The summed E-state index contributed by atoms with van der Waals surface area (Å²) >= 11 is 1.80. The van der Waals surface area contributed by atoms with Crippen molar-refractivity contribution in [1.29, 1.82) is 0 Å². The molecular weight excluding hydrogens is 308 g/mol. The van der Waals surface area contributed by atoms with Gasteiger partial charge in [0.25, 0.3) is 0 Å². The Bertz CT molecular complexity index is 695. The van der Waals surface area contributed by atoms with Gasteiger partial charge in [0.15, 0.2) is 0 Å². The first kappa shape index (κ1) is 14.9.